The van der Waals surface area contributed by atoms with Crippen LogP contribution in [0.15, 0.2) is 66.9 Å². The Balaban J connectivity index is 1.67. The van der Waals surface area contributed by atoms with E-state index >= 15 is 0 Å². The summed E-state index contributed by atoms with van der Waals surface area (Å²) >= 11 is 0. The Bertz CT molecular complexity index is 971. The van der Waals surface area contributed by atoms with Gasteiger partial charge in [-0.1, -0.05) is 24.3 Å². The van der Waals surface area contributed by atoms with Crippen molar-refractivity contribution in [2.24, 2.45) is 0 Å². The molecule has 0 spiro atoms. The van der Waals surface area contributed by atoms with Crippen molar-refractivity contribution in [2.75, 3.05) is 5.32 Å². The predicted octanol–water partition coefficient (Wildman–Crippen LogP) is 3.71. The molecule has 0 saturated heterocycles. The quantitative estimate of drug-likeness (QED) is 0.726. The molecule has 0 aliphatic carbocycles. The molecule has 2 amide bonds. The van der Waals surface area contributed by atoms with E-state index in [9.17, 15) is 14.0 Å². The van der Waals surface area contributed by atoms with E-state index in [1.54, 1.807) is 6.07 Å². The highest BCUT2D eigenvalue weighted by atomic mass is 19.1. The molecule has 5 nitrogen and oxygen atoms in total. The molecule has 136 valence electrons. The number of aromatic nitrogens is 1. The van der Waals surface area contributed by atoms with Crippen molar-refractivity contribution in [3.63, 3.8) is 0 Å². The molecule has 2 N–H and O–H groups in total. The molecule has 0 saturated carbocycles. The minimum Gasteiger partial charge on any atom is -0.348 e. The zero-order valence-electron chi connectivity index (χ0n) is 14.7. The van der Waals surface area contributed by atoms with Gasteiger partial charge >= 0.3 is 0 Å². The lowest BCUT2D eigenvalue weighted by atomic mass is 10.1. The van der Waals surface area contributed by atoms with Crippen molar-refractivity contribution in [1.82, 2.24) is 10.3 Å². The summed E-state index contributed by atoms with van der Waals surface area (Å²) in [5, 5.41) is 5.46. The van der Waals surface area contributed by atoms with Crippen molar-refractivity contribution >= 4 is 17.5 Å². The first kappa shape index (κ1) is 18.3. The van der Waals surface area contributed by atoms with Gasteiger partial charge in [0, 0.05) is 24.0 Å². The van der Waals surface area contributed by atoms with Gasteiger partial charge in [0.1, 0.15) is 11.5 Å². The van der Waals surface area contributed by atoms with Crippen molar-refractivity contribution in [1.29, 1.82) is 0 Å². The average Bonchev–Trinajstić information content (AvgIpc) is 2.69. The molecule has 1 heterocycles. The van der Waals surface area contributed by atoms with Crippen LogP contribution in [0.4, 0.5) is 10.1 Å². The Morgan fingerprint density at radius 2 is 1.74 bits per heavy atom. The van der Waals surface area contributed by atoms with E-state index in [-0.39, 0.29) is 11.6 Å². The smallest absolute Gasteiger partial charge is 0.274 e. The van der Waals surface area contributed by atoms with Gasteiger partial charge in [0.05, 0.1) is 0 Å². The van der Waals surface area contributed by atoms with Crippen LogP contribution in [0.1, 0.15) is 32.0 Å². The van der Waals surface area contributed by atoms with Crippen molar-refractivity contribution in [3.8, 4) is 0 Å². The maximum absolute atomic E-state index is 12.9. The lowest BCUT2D eigenvalue weighted by Gasteiger charge is -2.09. The van der Waals surface area contributed by atoms with Crippen LogP contribution in [0, 0.1) is 12.7 Å². The third-order valence-corrected chi connectivity index (χ3v) is 4.06. The standard InChI is InChI=1S/C21H18FN3O2/c1-14-4-2-3-5-16(14)13-24-20(26)15-10-11-23-19(12-15)21(27)25-18-8-6-17(22)7-9-18/h2-12H,13H2,1H3,(H,24,26)(H,25,27). The monoisotopic (exact) mass is 363 g/mol. The highest BCUT2D eigenvalue weighted by molar-refractivity contribution is 6.04. The zero-order chi connectivity index (χ0) is 19.2. The number of halogens is 1. The van der Waals surface area contributed by atoms with Crippen LogP contribution in [0.25, 0.3) is 0 Å². The molecule has 0 aliphatic heterocycles. The molecule has 0 aliphatic rings. The zero-order valence-corrected chi connectivity index (χ0v) is 14.7. The second-order valence-electron chi connectivity index (χ2n) is 6.00. The number of nitrogens with zero attached hydrogens (tertiary/aromatic N) is 1. The fourth-order valence-electron chi connectivity index (χ4n) is 2.51. The minimum absolute atomic E-state index is 0.0999. The predicted molar refractivity (Wildman–Crippen MR) is 101 cm³/mol. The molecule has 0 radical (unpaired) electrons. The second-order valence-corrected chi connectivity index (χ2v) is 6.00. The van der Waals surface area contributed by atoms with Crippen molar-refractivity contribution in [3.05, 3.63) is 95.1 Å². The van der Waals surface area contributed by atoms with Crippen molar-refractivity contribution in [2.45, 2.75) is 13.5 Å². The summed E-state index contributed by atoms with van der Waals surface area (Å²) < 4.78 is 12.9. The Morgan fingerprint density at radius 3 is 2.48 bits per heavy atom. The number of anilines is 1. The molecule has 2 aromatic carbocycles. The van der Waals surface area contributed by atoms with E-state index in [0.29, 0.717) is 17.8 Å². The van der Waals surface area contributed by atoms with E-state index < -0.39 is 11.7 Å². The van der Waals surface area contributed by atoms with E-state index in [2.05, 4.69) is 15.6 Å². The van der Waals surface area contributed by atoms with Crippen LogP contribution in [-0.2, 0) is 6.54 Å². The van der Waals surface area contributed by atoms with Crippen molar-refractivity contribution < 1.29 is 14.0 Å². The van der Waals surface area contributed by atoms with Crippen LogP contribution >= 0.6 is 0 Å². The molecule has 0 unspecified atom stereocenters. The topological polar surface area (TPSA) is 71.1 Å². The number of nitrogens with one attached hydrogen (secondary N) is 2. The molecular weight excluding hydrogens is 345 g/mol. The van der Waals surface area contributed by atoms with E-state index in [0.717, 1.165) is 11.1 Å². The number of amides is 2. The van der Waals surface area contributed by atoms with Crippen LogP contribution in [0.5, 0.6) is 0 Å². The third kappa shape index (κ3) is 4.76. The summed E-state index contributed by atoms with van der Waals surface area (Å²) in [5.74, 6) is -1.16. The van der Waals surface area contributed by atoms with Gasteiger partial charge in [-0.2, -0.15) is 0 Å². The number of rotatable bonds is 5. The Kier molecular flexibility index (Phi) is 5.56. The Hall–Kier alpha value is -3.54. The highest BCUT2D eigenvalue weighted by Gasteiger charge is 2.12. The number of carbonyl (C=O) groups excluding carboxylic acids is 2. The molecule has 0 bridgehead atoms. The number of carbonyl (C=O) groups is 2. The molecule has 1 aromatic heterocycles. The van der Waals surface area contributed by atoms with E-state index in [4.69, 9.17) is 0 Å². The van der Waals surface area contributed by atoms with Gasteiger partial charge in [-0.05, 0) is 54.4 Å². The van der Waals surface area contributed by atoms with Gasteiger partial charge in [-0.3, -0.25) is 14.6 Å². The molecule has 0 fully saturated rings. The van der Waals surface area contributed by atoms with Crippen LogP contribution in [0.2, 0.25) is 0 Å². The summed E-state index contributed by atoms with van der Waals surface area (Å²) in [6.45, 7) is 2.37. The maximum Gasteiger partial charge on any atom is 0.274 e. The molecular formula is C21H18FN3O2. The van der Waals surface area contributed by atoms with Crippen LogP contribution < -0.4 is 10.6 Å². The molecule has 27 heavy (non-hydrogen) atoms. The second kappa shape index (κ2) is 8.23. The maximum atomic E-state index is 12.9. The molecule has 0 atom stereocenters. The van der Waals surface area contributed by atoms with Crippen LogP contribution in [-0.4, -0.2) is 16.8 Å². The molecule has 3 aromatic rings. The fraction of sp³-hybridized carbons (Fsp3) is 0.0952. The summed E-state index contributed by atoms with van der Waals surface area (Å²) in [7, 11) is 0. The average molecular weight is 363 g/mol. The normalized spacial score (nSPS) is 10.3. The first-order valence-electron chi connectivity index (χ1n) is 8.38. The van der Waals surface area contributed by atoms with Gasteiger partial charge in [0.2, 0.25) is 0 Å². The Labute approximate surface area is 156 Å². The largest absolute Gasteiger partial charge is 0.348 e. The van der Waals surface area contributed by atoms with E-state index in [1.165, 1.54) is 36.5 Å². The lowest BCUT2D eigenvalue weighted by molar-refractivity contribution is 0.0950. The first-order chi connectivity index (χ1) is 13.0. The third-order valence-electron chi connectivity index (χ3n) is 4.06. The number of hydrogen-bond acceptors (Lipinski definition) is 3. The SMILES string of the molecule is Cc1ccccc1CNC(=O)c1ccnc(C(=O)Nc2ccc(F)cc2)c1. The van der Waals surface area contributed by atoms with Gasteiger partial charge < -0.3 is 10.6 Å². The van der Waals surface area contributed by atoms with Gasteiger partial charge in [-0.15, -0.1) is 0 Å². The number of hydrogen-bond donors (Lipinski definition) is 2. The summed E-state index contributed by atoms with van der Waals surface area (Å²) in [6.07, 6.45) is 1.41. The minimum atomic E-state index is -0.477. The number of benzene rings is 2. The van der Waals surface area contributed by atoms with Crippen LogP contribution in [0.3, 0.4) is 0 Å². The fourth-order valence-corrected chi connectivity index (χ4v) is 2.51. The van der Waals surface area contributed by atoms with Gasteiger partial charge in [-0.25, -0.2) is 4.39 Å². The van der Waals surface area contributed by atoms with Gasteiger partial charge in [0.15, 0.2) is 0 Å². The first-order valence-corrected chi connectivity index (χ1v) is 8.38. The summed E-state index contributed by atoms with van der Waals surface area (Å²) in [4.78, 5) is 28.7. The Morgan fingerprint density at radius 1 is 1.00 bits per heavy atom. The molecule has 6 heteroatoms. The molecule has 3 rings (SSSR count). The number of aryl methyl sites for hydroxylation is 1. The highest BCUT2D eigenvalue weighted by Crippen LogP contribution is 2.11. The summed E-state index contributed by atoms with van der Waals surface area (Å²) in [6, 6.07) is 16.1. The van der Waals surface area contributed by atoms with E-state index in [1.807, 2.05) is 31.2 Å². The van der Waals surface area contributed by atoms with Gasteiger partial charge in [0.25, 0.3) is 11.8 Å². The number of pyridine rings is 1. The summed E-state index contributed by atoms with van der Waals surface area (Å²) in [5.41, 5.74) is 2.99. The lowest BCUT2D eigenvalue weighted by Crippen LogP contribution is -2.24.